The summed E-state index contributed by atoms with van der Waals surface area (Å²) in [6.45, 7) is 0.638. The molecule has 2 unspecified atom stereocenters. The molecule has 0 spiro atoms. The summed E-state index contributed by atoms with van der Waals surface area (Å²) in [7, 11) is 2.00. The molecule has 0 radical (unpaired) electrons. The van der Waals surface area contributed by atoms with Gasteiger partial charge >= 0.3 is 0 Å². The summed E-state index contributed by atoms with van der Waals surface area (Å²) in [6, 6.07) is 7.25. The van der Waals surface area contributed by atoms with E-state index in [1.54, 1.807) is 12.1 Å². The Labute approximate surface area is 89.3 Å². The van der Waals surface area contributed by atoms with Gasteiger partial charge in [0.15, 0.2) is 0 Å². The molecule has 0 amide bonds. The Morgan fingerprint density at radius 2 is 2.33 bits per heavy atom. The van der Waals surface area contributed by atoms with E-state index in [2.05, 4.69) is 4.90 Å². The van der Waals surface area contributed by atoms with Crippen LogP contribution in [0.25, 0.3) is 0 Å². The highest BCUT2D eigenvalue weighted by Crippen LogP contribution is 2.37. The third kappa shape index (κ3) is 1.97. The molecule has 2 atom stereocenters. The molecule has 15 heavy (non-hydrogen) atoms. The van der Waals surface area contributed by atoms with Gasteiger partial charge in [0.1, 0.15) is 5.75 Å². The quantitative estimate of drug-likeness (QED) is 0.808. The van der Waals surface area contributed by atoms with Crippen molar-refractivity contribution in [2.45, 2.75) is 12.5 Å². The highest BCUT2D eigenvalue weighted by atomic mass is 19.1. The summed E-state index contributed by atoms with van der Waals surface area (Å²) < 4.78 is 12.8. The Balaban J connectivity index is 2.28. The highest BCUT2D eigenvalue weighted by Gasteiger charge is 2.32. The molecule has 1 aliphatic heterocycles. The van der Waals surface area contributed by atoms with Crippen molar-refractivity contribution in [1.29, 1.82) is 0 Å². The molecule has 82 valence electrons. The largest absolute Gasteiger partial charge is 0.508 e. The first-order valence-corrected chi connectivity index (χ1v) is 5.27. The number of halogens is 1. The van der Waals surface area contributed by atoms with Gasteiger partial charge in [-0.3, -0.25) is 9.29 Å². The molecule has 0 aromatic heterocycles. The normalized spacial score (nSPS) is 27.1. The van der Waals surface area contributed by atoms with Crippen molar-refractivity contribution in [2.75, 3.05) is 20.3 Å². The fourth-order valence-corrected chi connectivity index (χ4v) is 2.42. The molecule has 0 aliphatic carbocycles. The minimum Gasteiger partial charge on any atom is -0.508 e. The van der Waals surface area contributed by atoms with Crippen molar-refractivity contribution in [3.05, 3.63) is 29.8 Å². The molecule has 1 aromatic carbocycles. The second-order valence-corrected chi connectivity index (χ2v) is 4.22. The van der Waals surface area contributed by atoms with Crippen LogP contribution in [0.3, 0.4) is 0 Å². The molecule has 1 aromatic rings. The van der Waals surface area contributed by atoms with Crippen LogP contribution >= 0.6 is 0 Å². The fourth-order valence-electron chi connectivity index (χ4n) is 2.42. The number of likely N-dealkylation sites (tertiary alicyclic amines) is 1. The van der Waals surface area contributed by atoms with Gasteiger partial charge in [-0.2, -0.15) is 0 Å². The van der Waals surface area contributed by atoms with Gasteiger partial charge in [0.25, 0.3) is 0 Å². The minimum atomic E-state index is -0.287. The van der Waals surface area contributed by atoms with E-state index in [-0.39, 0.29) is 24.4 Å². The fraction of sp³-hybridized carbons (Fsp3) is 0.500. The number of phenols is 1. The van der Waals surface area contributed by atoms with Crippen molar-refractivity contribution >= 4 is 0 Å². The van der Waals surface area contributed by atoms with Crippen LogP contribution in [0, 0.1) is 5.92 Å². The lowest BCUT2D eigenvalue weighted by Crippen LogP contribution is -2.21. The van der Waals surface area contributed by atoms with Crippen molar-refractivity contribution in [1.82, 2.24) is 4.90 Å². The van der Waals surface area contributed by atoms with Crippen molar-refractivity contribution in [3.63, 3.8) is 0 Å². The van der Waals surface area contributed by atoms with E-state index < -0.39 is 0 Å². The Kier molecular flexibility index (Phi) is 2.91. The number of alkyl halides is 1. The first kappa shape index (κ1) is 10.4. The molecule has 3 heteroatoms. The average Bonchev–Trinajstić information content (AvgIpc) is 2.59. The van der Waals surface area contributed by atoms with E-state index in [1.807, 2.05) is 19.2 Å². The summed E-state index contributed by atoms with van der Waals surface area (Å²) >= 11 is 0. The van der Waals surface area contributed by atoms with Crippen LogP contribution in [0.5, 0.6) is 5.75 Å². The van der Waals surface area contributed by atoms with Gasteiger partial charge in [0.2, 0.25) is 0 Å². The Hall–Kier alpha value is -1.09. The van der Waals surface area contributed by atoms with E-state index in [4.69, 9.17) is 0 Å². The van der Waals surface area contributed by atoms with E-state index in [9.17, 15) is 9.50 Å². The zero-order valence-corrected chi connectivity index (χ0v) is 8.86. The maximum atomic E-state index is 12.8. The van der Waals surface area contributed by atoms with Crippen molar-refractivity contribution in [2.24, 2.45) is 5.92 Å². The number of nitrogens with zero attached hydrogens (tertiary/aromatic N) is 1. The minimum absolute atomic E-state index is 0.0665. The summed E-state index contributed by atoms with van der Waals surface area (Å²) in [5.74, 6) is 0.321. The molecule has 1 aliphatic rings. The number of hydrogen-bond acceptors (Lipinski definition) is 2. The predicted octanol–water partition coefficient (Wildman–Crippen LogP) is 2.35. The smallest absolute Gasteiger partial charge is 0.115 e. The molecule has 1 fully saturated rings. The first-order chi connectivity index (χ1) is 7.22. The average molecular weight is 209 g/mol. The zero-order chi connectivity index (χ0) is 10.8. The lowest BCUT2D eigenvalue weighted by molar-refractivity contribution is 0.244. The van der Waals surface area contributed by atoms with Crippen molar-refractivity contribution < 1.29 is 9.50 Å². The van der Waals surface area contributed by atoms with E-state index >= 15 is 0 Å². The summed E-state index contributed by atoms with van der Waals surface area (Å²) in [4.78, 5) is 2.15. The monoisotopic (exact) mass is 209 g/mol. The molecule has 1 heterocycles. The van der Waals surface area contributed by atoms with Gasteiger partial charge in [-0.15, -0.1) is 0 Å². The maximum Gasteiger partial charge on any atom is 0.115 e. The van der Waals surface area contributed by atoms with Gasteiger partial charge < -0.3 is 5.11 Å². The Morgan fingerprint density at radius 1 is 1.53 bits per heavy atom. The number of phenolic OH excluding ortho intramolecular Hbond substituents is 1. The van der Waals surface area contributed by atoms with Crippen LogP contribution in [0.15, 0.2) is 24.3 Å². The molecule has 2 nitrogen and oxygen atoms in total. The number of aromatic hydroxyl groups is 1. The van der Waals surface area contributed by atoms with Crippen molar-refractivity contribution in [3.8, 4) is 5.75 Å². The molecule has 1 N–H and O–H groups in total. The molecule has 2 rings (SSSR count). The lowest BCUT2D eigenvalue weighted by Gasteiger charge is -2.24. The predicted molar refractivity (Wildman–Crippen MR) is 57.6 cm³/mol. The number of hydrogen-bond donors (Lipinski definition) is 1. The first-order valence-electron chi connectivity index (χ1n) is 5.27. The van der Waals surface area contributed by atoms with E-state index in [0.29, 0.717) is 0 Å². The second-order valence-electron chi connectivity index (χ2n) is 4.22. The second kappa shape index (κ2) is 4.19. The molecular formula is C12H16FNO. The van der Waals surface area contributed by atoms with E-state index in [1.165, 1.54) is 0 Å². The van der Waals surface area contributed by atoms with Gasteiger partial charge in [0, 0.05) is 12.0 Å². The maximum absolute atomic E-state index is 12.8. The highest BCUT2D eigenvalue weighted by molar-refractivity contribution is 5.30. The number of benzene rings is 1. The third-order valence-corrected chi connectivity index (χ3v) is 3.18. The van der Waals surface area contributed by atoms with Gasteiger partial charge in [-0.05, 0) is 37.7 Å². The van der Waals surface area contributed by atoms with Gasteiger partial charge in [-0.1, -0.05) is 12.1 Å². The van der Waals surface area contributed by atoms with Gasteiger partial charge in [0.05, 0.1) is 6.67 Å². The molecule has 0 saturated carbocycles. The molecule has 1 saturated heterocycles. The Bertz CT molecular complexity index is 342. The summed E-state index contributed by atoms with van der Waals surface area (Å²) in [5, 5.41) is 9.41. The zero-order valence-electron chi connectivity index (χ0n) is 8.86. The Morgan fingerprint density at radius 3 is 3.00 bits per heavy atom. The van der Waals surface area contributed by atoms with Crippen LogP contribution in [0.4, 0.5) is 4.39 Å². The SMILES string of the molecule is CN1CCC(CF)C1c1cccc(O)c1. The summed E-state index contributed by atoms with van der Waals surface area (Å²) in [5.41, 5.74) is 1.01. The topological polar surface area (TPSA) is 23.5 Å². The standard InChI is InChI=1S/C12H16FNO/c1-14-6-5-10(8-13)12(14)9-3-2-4-11(15)7-9/h2-4,7,10,12,15H,5-6,8H2,1H3. The third-order valence-electron chi connectivity index (χ3n) is 3.18. The summed E-state index contributed by atoms with van der Waals surface area (Å²) in [6.07, 6.45) is 0.896. The molecule has 0 bridgehead atoms. The van der Waals surface area contributed by atoms with Gasteiger partial charge in [-0.25, -0.2) is 0 Å². The lowest BCUT2D eigenvalue weighted by atomic mass is 9.95. The van der Waals surface area contributed by atoms with Crippen LogP contribution < -0.4 is 0 Å². The molecular weight excluding hydrogens is 193 g/mol. The van der Waals surface area contributed by atoms with Crippen LogP contribution in [-0.2, 0) is 0 Å². The number of rotatable bonds is 2. The van der Waals surface area contributed by atoms with E-state index in [0.717, 1.165) is 18.5 Å². The van der Waals surface area contributed by atoms with Crippen LogP contribution in [-0.4, -0.2) is 30.3 Å². The van der Waals surface area contributed by atoms with Crippen LogP contribution in [0.1, 0.15) is 18.0 Å². The van der Waals surface area contributed by atoms with Crippen LogP contribution in [0.2, 0.25) is 0 Å².